The highest BCUT2D eigenvalue weighted by Gasteiger charge is 2.09. The van der Waals surface area contributed by atoms with E-state index in [-0.39, 0.29) is 11.4 Å². The summed E-state index contributed by atoms with van der Waals surface area (Å²) in [6.07, 6.45) is 1.64. The minimum atomic E-state index is -0.302. The first-order valence-corrected chi connectivity index (χ1v) is 7.28. The molecule has 0 aliphatic carbocycles. The number of nitrogens with one attached hydrogen (secondary N) is 1. The first-order valence-electron chi connectivity index (χ1n) is 7.28. The second kappa shape index (κ2) is 7.09. The molecule has 2 rings (SSSR count). The summed E-state index contributed by atoms with van der Waals surface area (Å²) >= 11 is 0. The van der Waals surface area contributed by atoms with Gasteiger partial charge in [-0.15, -0.1) is 0 Å². The van der Waals surface area contributed by atoms with Crippen molar-refractivity contribution in [1.82, 2.24) is 10.3 Å². The lowest BCUT2D eigenvalue weighted by Crippen LogP contribution is -2.44. The number of benzene rings is 1. The summed E-state index contributed by atoms with van der Waals surface area (Å²) in [6.45, 7) is 6.36. The van der Waals surface area contributed by atoms with Crippen LogP contribution in [0.5, 0.6) is 11.5 Å². The Morgan fingerprint density at radius 3 is 2.57 bits per heavy atom. The maximum absolute atomic E-state index is 12.9. The van der Waals surface area contributed by atoms with Gasteiger partial charge in [-0.25, -0.2) is 9.38 Å². The molecule has 0 unspecified atom stereocenters. The molecular formula is C17H21FN4O. The van der Waals surface area contributed by atoms with Crippen LogP contribution in [-0.2, 0) is 6.54 Å². The minimum absolute atomic E-state index is 0.144. The molecule has 0 aliphatic heterocycles. The number of aromatic nitrogens is 1. The van der Waals surface area contributed by atoms with Crippen LogP contribution in [0.15, 0.2) is 47.6 Å². The third-order valence-electron chi connectivity index (χ3n) is 2.75. The lowest BCUT2D eigenvalue weighted by atomic mass is 10.1. The van der Waals surface area contributed by atoms with E-state index in [0.29, 0.717) is 24.0 Å². The topological polar surface area (TPSA) is 72.5 Å². The van der Waals surface area contributed by atoms with Crippen molar-refractivity contribution in [2.75, 3.05) is 0 Å². The van der Waals surface area contributed by atoms with E-state index in [1.165, 1.54) is 12.1 Å². The number of nitrogens with zero attached hydrogens (tertiary/aromatic N) is 2. The smallest absolute Gasteiger partial charge is 0.189 e. The normalized spacial score (nSPS) is 12.1. The Morgan fingerprint density at radius 2 is 1.91 bits per heavy atom. The Balaban J connectivity index is 2.02. The minimum Gasteiger partial charge on any atom is -0.457 e. The fraction of sp³-hybridized carbons (Fsp3) is 0.294. The van der Waals surface area contributed by atoms with Crippen LogP contribution >= 0.6 is 0 Å². The summed E-state index contributed by atoms with van der Waals surface area (Å²) in [5, 5.41) is 3.08. The molecule has 0 radical (unpaired) electrons. The fourth-order valence-corrected chi connectivity index (χ4v) is 1.83. The number of aliphatic imine (C=N–C) groups is 1. The lowest BCUT2D eigenvalue weighted by molar-refractivity contribution is 0.479. The molecule has 1 aromatic carbocycles. The average Bonchev–Trinajstić information content (AvgIpc) is 2.46. The SMILES string of the molecule is CC(C)(C)NC(N)=NCc1cc(Oc2ccc(F)cc2)ccn1. The van der Waals surface area contributed by atoms with Crippen LogP contribution in [0, 0.1) is 5.82 Å². The molecule has 3 N–H and O–H groups in total. The van der Waals surface area contributed by atoms with Gasteiger partial charge in [0.05, 0.1) is 12.2 Å². The molecule has 0 spiro atoms. The van der Waals surface area contributed by atoms with Gasteiger partial charge in [-0.3, -0.25) is 4.98 Å². The number of pyridine rings is 1. The molecule has 0 saturated carbocycles. The van der Waals surface area contributed by atoms with Crippen molar-refractivity contribution in [3.05, 3.63) is 54.1 Å². The van der Waals surface area contributed by atoms with Gasteiger partial charge in [0.15, 0.2) is 5.96 Å². The van der Waals surface area contributed by atoms with Crippen molar-refractivity contribution in [2.45, 2.75) is 32.9 Å². The maximum atomic E-state index is 12.9. The number of rotatable bonds is 4. The van der Waals surface area contributed by atoms with Gasteiger partial charge in [-0.1, -0.05) is 0 Å². The van der Waals surface area contributed by atoms with Crippen LogP contribution in [0.2, 0.25) is 0 Å². The van der Waals surface area contributed by atoms with Gasteiger partial charge >= 0.3 is 0 Å². The summed E-state index contributed by atoms with van der Waals surface area (Å²) in [4.78, 5) is 8.49. The van der Waals surface area contributed by atoms with Crippen molar-refractivity contribution < 1.29 is 9.13 Å². The van der Waals surface area contributed by atoms with Gasteiger partial charge in [0, 0.05) is 17.8 Å². The zero-order chi connectivity index (χ0) is 16.9. The number of nitrogens with two attached hydrogens (primary N) is 1. The van der Waals surface area contributed by atoms with Crippen molar-refractivity contribution in [2.24, 2.45) is 10.7 Å². The van der Waals surface area contributed by atoms with E-state index in [1.807, 2.05) is 20.8 Å². The van der Waals surface area contributed by atoms with Gasteiger partial charge < -0.3 is 15.8 Å². The summed E-state index contributed by atoms with van der Waals surface area (Å²) in [5.41, 5.74) is 6.41. The van der Waals surface area contributed by atoms with Crippen molar-refractivity contribution in [3.8, 4) is 11.5 Å². The summed E-state index contributed by atoms with van der Waals surface area (Å²) in [5.74, 6) is 1.23. The molecule has 0 amide bonds. The van der Waals surface area contributed by atoms with Crippen LogP contribution < -0.4 is 15.8 Å². The number of ether oxygens (including phenoxy) is 1. The molecule has 0 aliphatic rings. The number of hydrogen-bond acceptors (Lipinski definition) is 3. The third kappa shape index (κ3) is 5.94. The van der Waals surface area contributed by atoms with E-state index in [9.17, 15) is 4.39 Å². The standard InChI is InChI=1S/C17H21FN4O/c1-17(2,3)22-16(19)21-11-13-10-15(8-9-20-13)23-14-6-4-12(18)5-7-14/h4-10H,11H2,1-3H3,(H3,19,21,22). The quantitative estimate of drug-likeness (QED) is 0.671. The largest absolute Gasteiger partial charge is 0.457 e. The summed E-state index contributed by atoms with van der Waals surface area (Å²) < 4.78 is 18.5. The van der Waals surface area contributed by atoms with Crippen LogP contribution in [0.3, 0.4) is 0 Å². The lowest BCUT2D eigenvalue weighted by Gasteiger charge is -2.20. The first-order chi connectivity index (χ1) is 10.8. The Kier molecular flexibility index (Phi) is 5.16. The van der Waals surface area contributed by atoms with E-state index < -0.39 is 0 Å². The molecule has 0 bridgehead atoms. The molecule has 0 fully saturated rings. The Hall–Kier alpha value is -2.63. The van der Waals surface area contributed by atoms with Crippen molar-refractivity contribution >= 4 is 5.96 Å². The molecule has 1 heterocycles. The molecule has 1 aromatic heterocycles. The second-order valence-electron chi connectivity index (χ2n) is 6.12. The second-order valence-corrected chi connectivity index (χ2v) is 6.12. The third-order valence-corrected chi connectivity index (χ3v) is 2.75. The number of guanidine groups is 1. The molecule has 0 atom stereocenters. The fourth-order valence-electron chi connectivity index (χ4n) is 1.83. The monoisotopic (exact) mass is 316 g/mol. The first kappa shape index (κ1) is 16.7. The van der Waals surface area contributed by atoms with Gasteiger partial charge in [-0.2, -0.15) is 0 Å². The van der Waals surface area contributed by atoms with Crippen LogP contribution in [0.1, 0.15) is 26.5 Å². The maximum Gasteiger partial charge on any atom is 0.189 e. The summed E-state index contributed by atoms with van der Waals surface area (Å²) in [6, 6.07) is 9.34. The van der Waals surface area contributed by atoms with Crippen LogP contribution in [-0.4, -0.2) is 16.5 Å². The Bertz CT molecular complexity index is 678. The molecule has 23 heavy (non-hydrogen) atoms. The van der Waals surface area contributed by atoms with E-state index in [1.54, 1.807) is 30.5 Å². The molecule has 2 aromatic rings. The highest BCUT2D eigenvalue weighted by atomic mass is 19.1. The van der Waals surface area contributed by atoms with E-state index in [4.69, 9.17) is 10.5 Å². The number of halogens is 1. The van der Waals surface area contributed by atoms with Gasteiger partial charge in [0.1, 0.15) is 17.3 Å². The Labute approximate surface area is 135 Å². The molecule has 6 heteroatoms. The average molecular weight is 316 g/mol. The molecule has 122 valence electrons. The summed E-state index contributed by atoms with van der Waals surface area (Å²) in [7, 11) is 0. The highest BCUT2D eigenvalue weighted by Crippen LogP contribution is 2.21. The van der Waals surface area contributed by atoms with Gasteiger partial charge in [0.25, 0.3) is 0 Å². The van der Waals surface area contributed by atoms with Crippen molar-refractivity contribution in [3.63, 3.8) is 0 Å². The van der Waals surface area contributed by atoms with Crippen molar-refractivity contribution in [1.29, 1.82) is 0 Å². The van der Waals surface area contributed by atoms with Crippen LogP contribution in [0.4, 0.5) is 4.39 Å². The number of hydrogen-bond donors (Lipinski definition) is 2. The zero-order valence-electron chi connectivity index (χ0n) is 13.5. The highest BCUT2D eigenvalue weighted by molar-refractivity contribution is 5.78. The van der Waals surface area contributed by atoms with Gasteiger partial charge in [0.2, 0.25) is 0 Å². The van der Waals surface area contributed by atoms with Gasteiger partial charge in [-0.05, 0) is 51.1 Å². The predicted molar refractivity (Wildman–Crippen MR) is 88.9 cm³/mol. The van der Waals surface area contributed by atoms with E-state index >= 15 is 0 Å². The van der Waals surface area contributed by atoms with Crippen LogP contribution in [0.25, 0.3) is 0 Å². The molecule has 0 saturated heterocycles. The Morgan fingerprint density at radius 1 is 1.22 bits per heavy atom. The predicted octanol–water partition coefficient (Wildman–Crippen LogP) is 3.22. The molecule has 5 nitrogen and oxygen atoms in total. The zero-order valence-corrected chi connectivity index (χ0v) is 13.5. The van der Waals surface area contributed by atoms with E-state index in [2.05, 4.69) is 15.3 Å². The molecular weight excluding hydrogens is 295 g/mol. The van der Waals surface area contributed by atoms with E-state index in [0.717, 1.165) is 5.69 Å².